The first-order chi connectivity index (χ1) is 8.77. The molecule has 4 nitrogen and oxygen atoms in total. The maximum atomic E-state index is 10.9. The van der Waals surface area contributed by atoms with E-state index in [1.54, 1.807) is 18.2 Å². The van der Waals surface area contributed by atoms with Crippen molar-refractivity contribution in [2.45, 2.75) is 12.2 Å². The normalized spacial score (nSPS) is 21.6. The Morgan fingerprint density at radius 1 is 0.944 bits per heavy atom. The van der Waals surface area contributed by atoms with Crippen molar-refractivity contribution >= 4 is 5.69 Å². The zero-order valence-electron chi connectivity index (χ0n) is 9.52. The van der Waals surface area contributed by atoms with E-state index in [9.17, 15) is 10.1 Å². The van der Waals surface area contributed by atoms with Crippen LogP contribution in [0.3, 0.4) is 0 Å². The summed E-state index contributed by atoms with van der Waals surface area (Å²) in [5.74, 6) is 0. The first kappa shape index (κ1) is 10.9. The van der Waals surface area contributed by atoms with Gasteiger partial charge in [-0.2, -0.15) is 0 Å². The maximum Gasteiger partial charge on any atom is 0.275 e. The summed E-state index contributed by atoms with van der Waals surface area (Å²) in [6.45, 7) is 0. The molecular formula is C14H11NO3. The van der Waals surface area contributed by atoms with Crippen molar-refractivity contribution in [3.8, 4) is 0 Å². The van der Waals surface area contributed by atoms with Gasteiger partial charge in [0, 0.05) is 6.07 Å². The van der Waals surface area contributed by atoms with Crippen LogP contribution in [0.5, 0.6) is 0 Å². The van der Waals surface area contributed by atoms with Gasteiger partial charge in [-0.1, -0.05) is 42.5 Å². The number of epoxide rings is 1. The molecule has 1 saturated heterocycles. The highest BCUT2D eigenvalue weighted by molar-refractivity contribution is 5.44. The van der Waals surface area contributed by atoms with E-state index in [1.807, 2.05) is 30.3 Å². The molecule has 0 radical (unpaired) electrons. The predicted molar refractivity (Wildman–Crippen MR) is 66.1 cm³/mol. The Balaban J connectivity index is 1.89. The van der Waals surface area contributed by atoms with Crippen molar-refractivity contribution in [2.24, 2.45) is 0 Å². The first-order valence-electron chi connectivity index (χ1n) is 5.71. The molecule has 0 amide bonds. The average molecular weight is 241 g/mol. The molecule has 1 fully saturated rings. The number of benzene rings is 2. The second-order valence-electron chi connectivity index (χ2n) is 4.20. The smallest absolute Gasteiger partial charge is 0.275 e. The van der Waals surface area contributed by atoms with E-state index >= 15 is 0 Å². The van der Waals surface area contributed by atoms with Crippen LogP contribution in [-0.4, -0.2) is 4.92 Å². The molecule has 2 aromatic rings. The highest BCUT2D eigenvalue weighted by atomic mass is 16.6. The van der Waals surface area contributed by atoms with Gasteiger partial charge in [0.15, 0.2) is 0 Å². The van der Waals surface area contributed by atoms with E-state index in [2.05, 4.69) is 0 Å². The molecule has 18 heavy (non-hydrogen) atoms. The van der Waals surface area contributed by atoms with E-state index in [-0.39, 0.29) is 22.8 Å². The molecule has 0 bridgehead atoms. The molecule has 0 aromatic heterocycles. The summed E-state index contributed by atoms with van der Waals surface area (Å²) in [5, 5.41) is 10.9. The Bertz CT molecular complexity index is 583. The fraction of sp³-hybridized carbons (Fsp3) is 0.143. The van der Waals surface area contributed by atoms with Crippen molar-refractivity contribution in [3.63, 3.8) is 0 Å². The van der Waals surface area contributed by atoms with Gasteiger partial charge in [-0.05, 0) is 11.6 Å². The van der Waals surface area contributed by atoms with Gasteiger partial charge >= 0.3 is 0 Å². The molecule has 2 aromatic carbocycles. The predicted octanol–water partition coefficient (Wildman–Crippen LogP) is 3.41. The molecule has 0 unspecified atom stereocenters. The van der Waals surface area contributed by atoms with Crippen LogP contribution in [0.25, 0.3) is 0 Å². The van der Waals surface area contributed by atoms with Gasteiger partial charge < -0.3 is 4.74 Å². The summed E-state index contributed by atoms with van der Waals surface area (Å²) in [4.78, 5) is 10.6. The van der Waals surface area contributed by atoms with Crippen LogP contribution in [-0.2, 0) is 4.74 Å². The highest BCUT2D eigenvalue weighted by Gasteiger charge is 2.44. The van der Waals surface area contributed by atoms with Crippen LogP contribution >= 0.6 is 0 Å². The maximum absolute atomic E-state index is 10.9. The number of nitro groups is 1. The second kappa shape index (κ2) is 4.23. The van der Waals surface area contributed by atoms with Crippen LogP contribution in [0.4, 0.5) is 5.69 Å². The van der Waals surface area contributed by atoms with Crippen LogP contribution in [0.15, 0.2) is 54.6 Å². The summed E-state index contributed by atoms with van der Waals surface area (Å²) in [5.41, 5.74) is 1.83. The largest absolute Gasteiger partial charge is 0.359 e. The number of ether oxygens (including phenoxy) is 1. The number of para-hydroxylation sites is 1. The summed E-state index contributed by atoms with van der Waals surface area (Å²) in [7, 11) is 0. The Hall–Kier alpha value is -2.20. The average Bonchev–Trinajstić information content (AvgIpc) is 3.20. The van der Waals surface area contributed by atoms with Crippen LogP contribution in [0, 0.1) is 10.1 Å². The molecular weight excluding hydrogens is 230 g/mol. The third kappa shape index (κ3) is 1.87. The SMILES string of the molecule is O=[N+]([O-])c1ccccc1[C@@H]1O[C@H]1c1ccccc1. The van der Waals surface area contributed by atoms with E-state index in [0.717, 1.165) is 5.56 Å². The van der Waals surface area contributed by atoms with Gasteiger partial charge in [0.25, 0.3) is 5.69 Å². The fourth-order valence-electron chi connectivity index (χ4n) is 2.14. The Labute approximate surface area is 104 Å². The molecule has 1 aliphatic heterocycles. The minimum Gasteiger partial charge on any atom is -0.359 e. The summed E-state index contributed by atoms with van der Waals surface area (Å²) >= 11 is 0. The lowest BCUT2D eigenvalue weighted by atomic mass is 10.0. The molecule has 1 heterocycles. The first-order valence-corrected chi connectivity index (χ1v) is 5.71. The number of hydrogen-bond acceptors (Lipinski definition) is 3. The summed E-state index contributed by atoms with van der Waals surface area (Å²) in [6.07, 6.45) is -0.263. The van der Waals surface area contributed by atoms with Crippen LogP contribution in [0.1, 0.15) is 23.3 Å². The minimum absolute atomic E-state index is 0.0627. The van der Waals surface area contributed by atoms with E-state index in [0.29, 0.717) is 5.56 Å². The molecule has 3 rings (SSSR count). The summed E-state index contributed by atoms with van der Waals surface area (Å²) in [6, 6.07) is 16.5. The Kier molecular flexibility index (Phi) is 2.57. The zero-order chi connectivity index (χ0) is 12.5. The number of nitro benzene ring substituents is 1. The number of nitrogens with zero attached hydrogens (tertiary/aromatic N) is 1. The monoisotopic (exact) mass is 241 g/mol. The third-order valence-electron chi connectivity index (χ3n) is 3.06. The Morgan fingerprint density at radius 2 is 1.61 bits per heavy atom. The van der Waals surface area contributed by atoms with Crippen LogP contribution in [0.2, 0.25) is 0 Å². The van der Waals surface area contributed by atoms with E-state index in [1.165, 1.54) is 6.07 Å². The lowest BCUT2D eigenvalue weighted by Crippen LogP contribution is -1.94. The Morgan fingerprint density at radius 3 is 2.33 bits per heavy atom. The van der Waals surface area contributed by atoms with Crippen LogP contribution < -0.4 is 0 Å². The van der Waals surface area contributed by atoms with Crippen molar-refractivity contribution in [1.82, 2.24) is 0 Å². The van der Waals surface area contributed by atoms with Gasteiger partial charge in [-0.15, -0.1) is 0 Å². The van der Waals surface area contributed by atoms with Crippen molar-refractivity contribution in [1.29, 1.82) is 0 Å². The van der Waals surface area contributed by atoms with Gasteiger partial charge in [0.05, 0.1) is 10.5 Å². The molecule has 90 valence electrons. The topological polar surface area (TPSA) is 55.7 Å². The number of rotatable bonds is 3. The molecule has 1 aliphatic rings. The lowest BCUT2D eigenvalue weighted by molar-refractivity contribution is -0.385. The standard InChI is InChI=1S/C14H11NO3/c16-15(17)12-9-5-4-8-11(12)14-13(18-14)10-6-2-1-3-7-10/h1-9,13-14H/t13-,14-/m0/s1. The van der Waals surface area contributed by atoms with Gasteiger partial charge in [-0.25, -0.2) is 0 Å². The van der Waals surface area contributed by atoms with E-state index in [4.69, 9.17) is 4.74 Å². The number of hydrogen-bond donors (Lipinski definition) is 0. The van der Waals surface area contributed by atoms with Gasteiger partial charge in [0.2, 0.25) is 0 Å². The van der Waals surface area contributed by atoms with Crippen molar-refractivity contribution in [3.05, 3.63) is 75.8 Å². The van der Waals surface area contributed by atoms with Crippen molar-refractivity contribution < 1.29 is 9.66 Å². The fourth-order valence-corrected chi connectivity index (χ4v) is 2.14. The quantitative estimate of drug-likeness (QED) is 0.470. The summed E-state index contributed by atoms with van der Waals surface area (Å²) < 4.78 is 5.58. The molecule has 0 aliphatic carbocycles. The lowest BCUT2D eigenvalue weighted by Gasteiger charge is -1.98. The second-order valence-corrected chi connectivity index (χ2v) is 4.20. The van der Waals surface area contributed by atoms with Gasteiger partial charge in [-0.3, -0.25) is 10.1 Å². The molecule has 0 saturated carbocycles. The molecule has 4 heteroatoms. The minimum atomic E-state index is -0.362. The molecule has 0 spiro atoms. The highest BCUT2D eigenvalue weighted by Crippen LogP contribution is 2.52. The van der Waals surface area contributed by atoms with Gasteiger partial charge in [0.1, 0.15) is 12.2 Å². The third-order valence-corrected chi connectivity index (χ3v) is 3.06. The van der Waals surface area contributed by atoms with Crippen molar-refractivity contribution in [2.75, 3.05) is 0 Å². The molecule has 2 atom stereocenters. The molecule has 0 N–H and O–H groups in total. The zero-order valence-corrected chi connectivity index (χ0v) is 9.52. The van der Waals surface area contributed by atoms with E-state index < -0.39 is 0 Å².